The molecule has 2 amide bonds. The predicted molar refractivity (Wildman–Crippen MR) is 101 cm³/mol. The van der Waals surface area contributed by atoms with Gasteiger partial charge in [-0.3, -0.25) is 14.6 Å². The Bertz CT molecular complexity index is 863. The van der Waals surface area contributed by atoms with E-state index in [2.05, 4.69) is 15.6 Å². The van der Waals surface area contributed by atoms with Crippen molar-refractivity contribution in [1.29, 1.82) is 0 Å². The van der Waals surface area contributed by atoms with Crippen LogP contribution >= 0.6 is 0 Å². The van der Waals surface area contributed by atoms with Crippen molar-refractivity contribution in [2.75, 3.05) is 5.32 Å². The highest BCUT2D eigenvalue weighted by molar-refractivity contribution is 6.04. The molecule has 0 aliphatic rings. The number of pyridine rings is 1. The average Bonchev–Trinajstić information content (AvgIpc) is 2.69. The molecule has 0 aliphatic heterocycles. The van der Waals surface area contributed by atoms with E-state index in [0.717, 1.165) is 11.1 Å². The summed E-state index contributed by atoms with van der Waals surface area (Å²) in [6.07, 6.45) is 3.50. The van der Waals surface area contributed by atoms with E-state index >= 15 is 0 Å². The lowest BCUT2D eigenvalue weighted by Crippen LogP contribution is -2.24. The van der Waals surface area contributed by atoms with Gasteiger partial charge in [-0.15, -0.1) is 0 Å². The molecule has 0 saturated heterocycles. The Kier molecular flexibility index (Phi) is 5.72. The molecule has 2 N–H and O–H groups in total. The molecule has 0 saturated carbocycles. The molecule has 0 atom stereocenters. The van der Waals surface area contributed by atoms with Gasteiger partial charge in [0.25, 0.3) is 5.91 Å². The molecule has 26 heavy (non-hydrogen) atoms. The first-order chi connectivity index (χ1) is 12.7. The normalized spacial score (nSPS) is 10.2. The Hall–Kier alpha value is -3.47. The van der Waals surface area contributed by atoms with Gasteiger partial charge in [-0.2, -0.15) is 0 Å². The smallest absolute Gasteiger partial charge is 0.257 e. The first-order valence-electron chi connectivity index (χ1n) is 8.31. The van der Waals surface area contributed by atoms with E-state index in [1.165, 1.54) is 6.20 Å². The molecule has 130 valence electrons. The number of hydrogen-bond acceptors (Lipinski definition) is 3. The third kappa shape index (κ3) is 5.01. The van der Waals surface area contributed by atoms with E-state index in [1.807, 2.05) is 54.6 Å². The largest absolute Gasteiger partial charge is 0.352 e. The Morgan fingerprint density at radius 1 is 0.846 bits per heavy atom. The number of carbonyl (C=O) groups is 2. The standard InChI is InChI=1S/C21H19N3O2/c25-20(13-16-5-2-1-3-6-16)23-14-17-8-10-19(11-9-17)24-21(26)18-7-4-12-22-15-18/h1-12,15H,13-14H2,(H,23,25)(H,24,26). The molecule has 0 spiro atoms. The molecule has 1 heterocycles. The fourth-order valence-electron chi connectivity index (χ4n) is 2.45. The van der Waals surface area contributed by atoms with Crippen molar-refractivity contribution in [2.24, 2.45) is 0 Å². The minimum Gasteiger partial charge on any atom is -0.352 e. The lowest BCUT2D eigenvalue weighted by molar-refractivity contribution is -0.120. The summed E-state index contributed by atoms with van der Waals surface area (Å²) < 4.78 is 0. The molecule has 0 aliphatic carbocycles. The average molecular weight is 345 g/mol. The van der Waals surface area contributed by atoms with Gasteiger partial charge in [0.15, 0.2) is 0 Å². The lowest BCUT2D eigenvalue weighted by atomic mass is 10.1. The molecule has 0 unspecified atom stereocenters. The topological polar surface area (TPSA) is 71.1 Å². The third-order valence-corrected chi connectivity index (χ3v) is 3.83. The van der Waals surface area contributed by atoms with Crippen LogP contribution in [0.4, 0.5) is 5.69 Å². The van der Waals surface area contributed by atoms with Gasteiger partial charge in [0, 0.05) is 24.6 Å². The van der Waals surface area contributed by atoms with Crippen molar-refractivity contribution in [3.8, 4) is 0 Å². The molecule has 0 bridgehead atoms. The molecule has 5 heteroatoms. The lowest BCUT2D eigenvalue weighted by Gasteiger charge is -2.08. The van der Waals surface area contributed by atoms with Gasteiger partial charge in [0.1, 0.15) is 0 Å². The summed E-state index contributed by atoms with van der Waals surface area (Å²) in [5, 5.41) is 5.72. The zero-order valence-corrected chi connectivity index (χ0v) is 14.2. The molecule has 3 rings (SSSR count). The zero-order chi connectivity index (χ0) is 18.2. The van der Waals surface area contributed by atoms with Crippen LogP contribution in [0.2, 0.25) is 0 Å². The molecule has 0 radical (unpaired) electrons. The van der Waals surface area contributed by atoms with E-state index in [0.29, 0.717) is 24.2 Å². The number of rotatable bonds is 6. The number of carbonyl (C=O) groups excluding carboxylic acids is 2. The van der Waals surface area contributed by atoms with Crippen molar-refractivity contribution < 1.29 is 9.59 Å². The number of anilines is 1. The van der Waals surface area contributed by atoms with Gasteiger partial charge in [-0.25, -0.2) is 0 Å². The van der Waals surface area contributed by atoms with E-state index < -0.39 is 0 Å². The Labute approximate surface area is 152 Å². The van der Waals surface area contributed by atoms with Gasteiger partial charge in [0.05, 0.1) is 12.0 Å². The van der Waals surface area contributed by atoms with Crippen LogP contribution in [0.3, 0.4) is 0 Å². The number of aromatic nitrogens is 1. The summed E-state index contributed by atoms with van der Waals surface area (Å²) in [7, 11) is 0. The van der Waals surface area contributed by atoms with Crippen molar-refractivity contribution in [3.63, 3.8) is 0 Å². The third-order valence-electron chi connectivity index (χ3n) is 3.83. The van der Waals surface area contributed by atoms with E-state index in [1.54, 1.807) is 18.3 Å². The zero-order valence-electron chi connectivity index (χ0n) is 14.2. The second kappa shape index (κ2) is 8.58. The maximum atomic E-state index is 12.1. The maximum absolute atomic E-state index is 12.1. The molecule has 2 aromatic carbocycles. The fourth-order valence-corrected chi connectivity index (χ4v) is 2.45. The SMILES string of the molecule is O=C(Cc1ccccc1)NCc1ccc(NC(=O)c2cccnc2)cc1. The molecule has 0 fully saturated rings. The van der Waals surface area contributed by atoms with Crippen LogP contribution in [0.5, 0.6) is 0 Å². The number of nitrogens with zero attached hydrogens (tertiary/aromatic N) is 1. The monoisotopic (exact) mass is 345 g/mol. The van der Waals surface area contributed by atoms with Gasteiger partial charge in [-0.1, -0.05) is 42.5 Å². The summed E-state index contributed by atoms with van der Waals surface area (Å²) in [5.74, 6) is -0.229. The van der Waals surface area contributed by atoms with E-state index in [-0.39, 0.29) is 11.8 Å². The Morgan fingerprint density at radius 2 is 1.62 bits per heavy atom. The minimum absolute atomic E-state index is 0.0230. The first-order valence-corrected chi connectivity index (χ1v) is 8.31. The fraction of sp³-hybridized carbons (Fsp3) is 0.0952. The summed E-state index contributed by atoms with van der Waals surface area (Å²) in [6.45, 7) is 0.447. The van der Waals surface area contributed by atoms with Crippen LogP contribution in [0.25, 0.3) is 0 Å². The summed E-state index contributed by atoms with van der Waals surface area (Å²) in [4.78, 5) is 28.0. The van der Waals surface area contributed by atoms with Crippen LogP contribution in [-0.2, 0) is 17.8 Å². The molecule has 3 aromatic rings. The van der Waals surface area contributed by atoms with E-state index in [9.17, 15) is 9.59 Å². The highest BCUT2D eigenvalue weighted by Gasteiger charge is 2.06. The number of nitrogens with one attached hydrogen (secondary N) is 2. The quantitative estimate of drug-likeness (QED) is 0.721. The Morgan fingerprint density at radius 3 is 2.31 bits per heavy atom. The summed E-state index contributed by atoms with van der Waals surface area (Å²) in [5.41, 5.74) is 3.15. The van der Waals surface area contributed by atoms with Crippen LogP contribution in [0.15, 0.2) is 79.1 Å². The van der Waals surface area contributed by atoms with Crippen LogP contribution in [0, 0.1) is 0 Å². The maximum Gasteiger partial charge on any atom is 0.257 e. The van der Waals surface area contributed by atoms with Crippen molar-refractivity contribution in [2.45, 2.75) is 13.0 Å². The van der Waals surface area contributed by atoms with Gasteiger partial charge in [-0.05, 0) is 35.4 Å². The summed E-state index contributed by atoms with van der Waals surface area (Å²) in [6, 6.07) is 20.4. The van der Waals surface area contributed by atoms with Crippen LogP contribution in [-0.4, -0.2) is 16.8 Å². The predicted octanol–water partition coefficient (Wildman–Crippen LogP) is 3.19. The molecule has 5 nitrogen and oxygen atoms in total. The Balaban J connectivity index is 1.50. The number of hydrogen-bond donors (Lipinski definition) is 2. The van der Waals surface area contributed by atoms with Crippen LogP contribution in [0.1, 0.15) is 21.5 Å². The van der Waals surface area contributed by atoms with Crippen molar-refractivity contribution in [3.05, 3.63) is 95.8 Å². The van der Waals surface area contributed by atoms with E-state index in [4.69, 9.17) is 0 Å². The highest BCUT2D eigenvalue weighted by Crippen LogP contribution is 2.11. The minimum atomic E-state index is -0.206. The molecular formula is C21H19N3O2. The van der Waals surface area contributed by atoms with Crippen molar-refractivity contribution >= 4 is 17.5 Å². The van der Waals surface area contributed by atoms with Crippen molar-refractivity contribution in [1.82, 2.24) is 10.3 Å². The molecular weight excluding hydrogens is 326 g/mol. The number of amides is 2. The second-order valence-electron chi connectivity index (χ2n) is 5.83. The first kappa shape index (κ1) is 17.4. The van der Waals surface area contributed by atoms with Gasteiger partial charge >= 0.3 is 0 Å². The summed E-state index contributed by atoms with van der Waals surface area (Å²) >= 11 is 0. The molecule has 1 aromatic heterocycles. The van der Waals surface area contributed by atoms with Crippen LogP contribution < -0.4 is 10.6 Å². The second-order valence-corrected chi connectivity index (χ2v) is 5.83. The van der Waals surface area contributed by atoms with Gasteiger partial charge < -0.3 is 10.6 Å². The highest BCUT2D eigenvalue weighted by atomic mass is 16.2. The van der Waals surface area contributed by atoms with Gasteiger partial charge in [0.2, 0.25) is 5.91 Å². The number of benzene rings is 2.